The Bertz CT molecular complexity index is 1120. The Hall–Kier alpha value is -3.53. The van der Waals surface area contributed by atoms with Crippen molar-refractivity contribution in [2.75, 3.05) is 19.8 Å². The van der Waals surface area contributed by atoms with Gasteiger partial charge in [0.1, 0.15) is 19.3 Å². The third kappa shape index (κ3) is 5.28. The summed E-state index contributed by atoms with van der Waals surface area (Å²) < 4.78 is 11.1. The number of likely N-dealkylation sites (tertiary alicyclic amines) is 1. The van der Waals surface area contributed by atoms with Crippen LogP contribution < -0.4 is 9.47 Å². The third-order valence-electron chi connectivity index (χ3n) is 5.41. The fourth-order valence-corrected chi connectivity index (χ4v) is 4.73. The number of hydrogen-bond donors (Lipinski definition) is 1. The number of benzene rings is 2. The lowest BCUT2D eigenvalue weighted by Gasteiger charge is -2.32. The lowest BCUT2D eigenvalue weighted by atomic mass is 10.0. The molecule has 0 bridgehead atoms. The van der Waals surface area contributed by atoms with Crippen LogP contribution in [-0.4, -0.2) is 52.6 Å². The van der Waals surface area contributed by atoms with E-state index in [1.54, 1.807) is 24.3 Å². The predicted octanol–water partition coefficient (Wildman–Crippen LogP) is 4.00. The van der Waals surface area contributed by atoms with Crippen molar-refractivity contribution in [3.8, 4) is 11.5 Å². The first-order chi connectivity index (χ1) is 15.9. The summed E-state index contributed by atoms with van der Waals surface area (Å²) in [5, 5.41) is 21.0. The van der Waals surface area contributed by atoms with Gasteiger partial charge in [-0.2, -0.15) is 0 Å². The van der Waals surface area contributed by atoms with Gasteiger partial charge in [0.2, 0.25) is 5.91 Å². The zero-order chi connectivity index (χ0) is 23.4. The smallest absolute Gasteiger partial charge is 0.326 e. The van der Waals surface area contributed by atoms with Crippen LogP contribution in [0.1, 0.15) is 24.8 Å². The van der Waals surface area contributed by atoms with E-state index in [2.05, 4.69) is 0 Å². The molecular formula is C23H22N2O7S. The summed E-state index contributed by atoms with van der Waals surface area (Å²) in [5.74, 6) is -0.194. The number of hydrogen-bond acceptors (Lipinski definition) is 7. The normalized spacial score (nSPS) is 17.7. The van der Waals surface area contributed by atoms with E-state index in [1.807, 2.05) is 6.07 Å². The molecule has 2 aromatic rings. The molecule has 1 amide bonds. The number of nitrogens with zero attached hydrogens (tertiary/aromatic N) is 2. The van der Waals surface area contributed by atoms with E-state index in [9.17, 15) is 24.8 Å². The van der Waals surface area contributed by atoms with Gasteiger partial charge in [-0.3, -0.25) is 14.9 Å². The fraction of sp³-hybridized carbons (Fsp3) is 0.304. The molecule has 2 aliphatic heterocycles. The second kappa shape index (κ2) is 9.95. The summed E-state index contributed by atoms with van der Waals surface area (Å²) in [5.41, 5.74) is 0.385. The first-order valence-corrected chi connectivity index (χ1v) is 11.3. The number of ether oxygens (including phenoxy) is 2. The highest BCUT2D eigenvalue weighted by Gasteiger charge is 2.30. The molecule has 0 radical (unpaired) electrons. The van der Waals surface area contributed by atoms with Crippen molar-refractivity contribution in [2.45, 2.75) is 35.1 Å². The number of aliphatic carboxylic acids is 1. The second-order valence-electron chi connectivity index (χ2n) is 7.61. The van der Waals surface area contributed by atoms with E-state index in [4.69, 9.17) is 9.47 Å². The summed E-state index contributed by atoms with van der Waals surface area (Å²) in [4.78, 5) is 37.7. The molecule has 10 heteroatoms. The van der Waals surface area contributed by atoms with Crippen molar-refractivity contribution in [2.24, 2.45) is 0 Å². The van der Waals surface area contributed by atoms with Crippen LogP contribution in [0.5, 0.6) is 11.5 Å². The number of nitro benzene ring substituents is 1. The maximum absolute atomic E-state index is 12.5. The summed E-state index contributed by atoms with van der Waals surface area (Å²) in [7, 11) is 0. The van der Waals surface area contributed by atoms with Crippen molar-refractivity contribution >= 4 is 35.4 Å². The summed E-state index contributed by atoms with van der Waals surface area (Å²) in [6.07, 6.45) is 4.68. The average molecular weight is 471 g/mol. The van der Waals surface area contributed by atoms with Crippen LogP contribution in [0.2, 0.25) is 0 Å². The Morgan fingerprint density at radius 1 is 1.12 bits per heavy atom. The molecule has 0 aliphatic carbocycles. The maximum Gasteiger partial charge on any atom is 0.326 e. The number of carboxylic acid groups (broad SMARTS) is 1. The largest absolute Gasteiger partial charge is 0.486 e. The first-order valence-electron chi connectivity index (χ1n) is 10.5. The van der Waals surface area contributed by atoms with Crippen LogP contribution in [0.3, 0.4) is 0 Å². The minimum atomic E-state index is -1.02. The molecule has 2 heterocycles. The molecule has 4 rings (SSSR count). The molecule has 2 aromatic carbocycles. The Morgan fingerprint density at radius 3 is 2.67 bits per heavy atom. The van der Waals surface area contributed by atoms with E-state index < -0.39 is 22.8 Å². The van der Waals surface area contributed by atoms with Gasteiger partial charge in [-0.1, -0.05) is 17.8 Å². The number of carboxylic acids is 1. The Balaban J connectivity index is 1.51. The van der Waals surface area contributed by atoms with Crippen molar-refractivity contribution in [3.63, 3.8) is 0 Å². The van der Waals surface area contributed by atoms with E-state index in [0.29, 0.717) is 48.1 Å². The molecule has 1 atom stereocenters. The Morgan fingerprint density at radius 2 is 1.91 bits per heavy atom. The van der Waals surface area contributed by atoms with Crippen LogP contribution in [-0.2, 0) is 9.59 Å². The van der Waals surface area contributed by atoms with Crippen molar-refractivity contribution in [1.82, 2.24) is 4.90 Å². The van der Waals surface area contributed by atoms with Gasteiger partial charge < -0.3 is 19.5 Å². The maximum atomic E-state index is 12.5. The van der Waals surface area contributed by atoms with Gasteiger partial charge in [0.15, 0.2) is 11.5 Å². The monoisotopic (exact) mass is 470 g/mol. The van der Waals surface area contributed by atoms with E-state index in [0.717, 1.165) is 17.7 Å². The van der Waals surface area contributed by atoms with Crippen molar-refractivity contribution < 1.29 is 29.1 Å². The Labute approximate surface area is 194 Å². The quantitative estimate of drug-likeness (QED) is 0.382. The minimum Gasteiger partial charge on any atom is -0.486 e. The molecular weight excluding hydrogens is 448 g/mol. The summed E-state index contributed by atoms with van der Waals surface area (Å²) >= 11 is 1.23. The van der Waals surface area contributed by atoms with Crippen molar-refractivity contribution in [3.05, 3.63) is 58.2 Å². The molecule has 1 N–H and O–H groups in total. The van der Waals surface area contributed by atoms with Crippen LogP contribution >= 0.6 is 11.8 Å². The number of carbonyl (C=O) groups excluding carboxylic acids is 1. The van der Waals surface area contributed by atoms with Crippen LogP contribution in [0, 0.1) is 10.1 Å². The van der Waals surface area contributed by atoms with Gasteiger partial charge in [0.05, 0.1) is 9.82 Å². The third-order valence-corrected chi connectivity index (χ3v) is 6.47. The molecule has 33 heavy (non-hydrogen) atoms. The number of piperidine rings is 1. The lowest BCUT2D eigenvalue weighted by molar-refractivity contribution is -0.387. The molecule has 1 saturated heterocycles. The average Bonchev–Trinajstić information content (AvgIpc) is 2.83. The molecule has 0 aromatic heterocycles. The highest BCUT2D eigenvalue weighted by Crippen LogP contribution is 2.40. The fourth-order valence-electron chi connectivity index (χ4n) is 3.80. The zero-order valence-electron chi connectivity index (χ0n) is 17.6. The van der Waals surface area contributed by atoms with E-state index in [1.165, 1.54) is 34.9 Å². The highest BCUT2D eigenvalue weighted by atomic mass is 32.2. The zero-order valence-corrected chi connectivity index (χ0v) is 18.5. The summed E-state index contributed by atoms with van der Waals surface area (Å²) in [6.45, 7) is 1.31. The molecule has 0 saturated carbocycles. The standard InChI is InChI=1S/C23H22N2O7S/c26-22(24-10-2-1-3-17(24)23(27)28)9-5-15-4-8-21(18(13-15)25(29)30)33-16-6-7-19-20(14-16)32-12-11-31-19/h4-9,13-14,17H,1-3,10-12H2,(H,27,28). The Kier molecular flexibility index (Phi) is 6.83. The van der Waals surface area contributed by atoms with Gasteiger partial charge in [-0.05, 0) is 55.2 Å². The number of fused-ring (bicyclic) bond motifs is 1. The topological polar surface area (TPSA) is 119 Å². The van der Waals surface area contributed by atoms with E-state index in [-0.39, 0.29) is 5.69 Å². The predicted molar refractivity (Wildman–Crippen MR) is 121 cm³/mol. The molecule has 2 aliphatic rings. The van der Waals surface area contributed by atoms with Crippen LogP contribution in [0.25, 0.3) is 6.08 Å². The number of rotatable bonds is 6. The van der Waals surface area contributed by atoms with Gasteiger partial charge >= 0.3 is 5.97 Å². The second-order valence-corrected chi connectivity index (χ2v) is 8.72. The van der Waals surface area contributed by atoms with Gasteiger partial charge in [-0.25, -0.2) is 4.79 Å². The lowest BCUT2D eigenvalue weighted by Crippen LogP contribution is -2.47. The van der Waals surface area contributed by atoms with E-state index >= 15 is 0 Å². The molecule has 172 valence electrons. The molecule has 1 unspecified atom stereocenters. The number of amides is 1. The summed E-state index contributed by atoms with van der Waals surface area (Å²) in [6, 6.07) is 9.24. The van der Waals surface area contributed by atoms with Gasteiger partial charge in [0, 0.05) is 23.6 Å². The van der Waals surface area contributed by atoms with Gasteiger partial charge in [0.25, 0.3) is 5.69 Å². The molecule has 9 nitrogen and oxygen atoms in total. The van der Waals surface area contributed by atoms with Crippen LogP contribution in [0.4, 0.5) is 5.69 Å². The highest BCUT2D eigenvalue weighted by molar-refractivity contribution is 7.99. The first kappa shape index (κ1) is 22.7. The minimum absolute atomic E-state index is 0.0918. The van der Waals surface area contributed by atoms with Crippen molar-refractivity contribution in [1.29, 1.82) is 0 Å². The molecule has 1 fully saturated rings. The SMILES string of the molecule is O=C(O)C1CCCCN1C(=O)C=Cc1ccc(Sc2ccc3c(c2)OCCO3)c([N+](=O)[O-])c1. The van der Waals surface area contributed by atoms with Crippen LogP contribution in [0.15, 0.2) is 52.3 Å². The molecule has 0 spiro atoms. The number of carbonyl (C=O) groups is 2. The van der Waals surface area contributed by atoms with Gasteiger partial charge in [-0.15, -0.1) is 0 Å². The number of nitro groups is 1.